The molecule has 4 aromatic rings. The van der Waals surface area contributed by atoms with Gasteiger partial charge in [-0.2, -0.15) is 5.10 Å². The molecule has 2 heterocycles. The number of fused-ring (bicyclic) bond motifs is 1. The molecule has 0 aliphatic rings. The Morgan fingerprint density at radius 2 is 1.87 bits per heavy atom. The fourth-order valence-corrected chi connectivity index (χ4v) is 3.24. The molecule has 0 aliphatic heterocycles. The number of benzene rings is 2. The van der Waals surface area contributed by atoms with Gasteiger partial charge in [-0.05, 0) is 37.6 Å². The highest BCUT2D eigenvalue weighted by Crippen LogP contribution is 2.23. The number of aromatic nitrogens is 4. The maximum atomic E-state index is 11.1. The predicted molar refractivity (Wildman–Crippen MR) is 118 cm³/mol. The van der Waals surface area contributed by atoms with E-state index in [1.54, 1.807) is 12.4 Å². The molecule has 0 spiro atoms. The van der Waals surface area contributed by atoms with Crippen molar-refractivity contribution in [1.29, 1.82) is 0 Å². The Kier molecular flexibility index (Phi) is 5.43. The molecule has 0 atom stereocenters. The van der Waals surface area contributed by atoms with Crippen molar-refractivity contribution in [3.05, 3.63) is 66.6 Å². The number of carbonyl (C=O) groups excluding carboxylic acids is 1. The molecule has 2 aromatic carbocycles. The summed E-state index contributed by atoms with van der Waals surface area (Å²) in [5, 5.41) is 11.8. The molecule has 0 bridgehead atoms. The second kappa shape index (κ2) is 8.32. The molecule has 0 radical (unpaired) electrons. The van der Waals surface area contributed by atoms with Crippen molar-refractivity contribution in [3.8, 4) is 17.1 Å². The Balaban J connectivity index is 1.64. The fraction of sp³-hybridized carbons (Fsp3) is 0.217. The maximum absolute atomic E-state index is 11.1. The van der Waals surface area contributed by atoms with Crippen LogP contribution < -0.4 is 10.6 Å². The average molecular weight is 400 g/mol. The molecule has 4 rings (SSSR count). The van der Waals surface area contributed by atoms with Crippen molar-refractivity contribution in [2.45, 2.75) is 33.4 Å². The number of hydrogen-bond acceptors (Lipinski definition) is 5. The third kappa shape index (κ3) is 4.30. The summed E-state index contributed by atoms with van der Waals surface area (Å²) in [5.74, 6) is 0.613. The molecule has 2 N–H and O–H groups in total. The first-order valence-electron chi connectivity index (χ1n) is 9.90. The second-order valence-electron chi connectivity index (χ2n) is 7.50. The molecular weight excluding hydrogens is 376 g/mol. The van der Waals surface area contributed by atoms with Gasteiger partial charge in [0.05, 0.1) is 29.8 Å². The van der Waals surface area contributed by atoms with E-state index in [4.69, 9.17) is 4.98 Å². The third-order valence-electron chi connectivity index (χ3n) is 4.66. The van der Waals surface area contributed by atoms with E-state index in [0.717, 1.165) is 33.4 Å². The first-order valence-corrected chi connectivity index (χ1v) is 9.90. The Labute approximate surface area is 175 Å². The summed E-state index contributed by atoms with van der Waals surface area (Å²) in [4.78, 5) is 20.2. The smallest absolute Gasteiger partial charge is 0.217 e. The van der Waals surface area contributed by atoms with Gasteiger partial charge in [0, 0.05) is 36.1 Å². The second-order valence-corrected chi connectivity index (χ2v) is 7.50. The van der Waals surface area contributed by atoms with Gasteiger partial charge >= 0.3 is 0 Å². The number of anilines is 1. The van der Waals surface area contributed by atoms with Crippen LogP contribution in [0.4, 0.5) is 5.69 Å². The molecule has 0 unspecified atom stereocenters. The molecule has 0 fully saturated rings. The van der Waals surface area contributed by atoms with Crippen molar-refractivity contribution in [3.63, 3.8) is 0 Å². The van der Waals surface area contributed by atoms with E-state index in [2.05, 4.69) is 52.8 Å². The summed E-state index contributed by atoms with van der Waals surface area (Å²) < 4.78 is 1.81. The van der Waals surface area contributed by atoms with Gasteiger partial charge in [-0.3, -0.25) is 9.78 Å². The Morgan fingerprint density at radius 3 is 2.60 bits per heavy atom. The molecule has 0 saturated carbocycles. The number of nitrogens with one attached hydrogen (secondary N) is 2. The first kappa shape index (κ1) is 19.6. The van der Waals surface area contributed by atoms with Crippen molar-refractivity contribution < 1.29 is 4.79 Å². The zero-order valence-electron chi connectivity index (χ0n) is 17.3. The number of amides is 1. The highest BCUT2D eigenvalue weighted by atomic mass is 16.1. The lowest BCUT2D eigenvalue weighted by Crippen LogP contribution is -2.18. The predicted octanol–water partition coefficient (Wildman–Crippen LogP) is 3.94. The molecule has 152 valence electrons. The molecular formula is C23H24N6O. The third-order valence-corrected chi connectivity index (χ3v) is 4.66. The molecule has 30 heavy (non-hydrogen) atoms. The lowest BCUT2D eigenvalue weighted by atomic mass is 10.1. The van der Waals surface area contributed by atoms with Crippen LogP contribution in [0, 0.1) is 0 Å². The van der Waals surface area contributed by atoms with Crippen molar-refractivity contribution in [2.75, 3.05) is 5.32 Å². The van der Waals surface area contributed by atoms with Crippen LogP contribution in [-0.4, -0.2) is 31.7 Å². The largest absolute Gasteiger partial charge is 0.383 e. The van der Waals surface area contributed by atoms with Gasteiger partial charge in [-0.25, -0.2) is 9.67 Å². The zero-order valence-corrected chi connectivity index (χ0v) is 17.3. The number of carbonyl (C=O) groups is 1. The van der Waals surface area contributed by atoms with Crippen molar-refractivity contribution in [1.82, 2.24) is 25.1 Å². The monoisotopic (exact) mass is 400 g/mol. The zero-order chi connectivity index (χ0) is 21.1. The van der Waals surface area contributed by atoms with E-state index >= 15 is 0 Å². The van der Waals surface area contributed by atoms with Gasteiger partial charge in [0.25, 0.3) is 0 Å². The Hall–Kier alpha value is -3.74. The van der Waals surface area contributed by atoms with Gasteiger partial charge in [0.1, 0.15) is 0 Å². The minimum Gasteiger partial charge on any atom is -0.383 e. The average Bonchev–Trinajstić information content (AvgIpc) is 3.15. The lowest BCUT2D eigenvalue weighted by Gasteiger charge is -2.11. The number of hydrogen-bond donors (Lipinski definition) is 2. The maximum Gasteiger partial charge on any atom is 0.217 e. The van der Waals surface area contributed by atoms with Gasteiger partial charge in [-0.1, -0.05) is 24.3 Å². The van der Waals surface area contributed by atoms with E-state index in [-0.39, 0.29) is 5.91 Å². The summed E-state index contributed by atoms with van der Waals surface area (Å²) >= 11 is 0. The van der Waals surface area contributed by atoms with Crippen LogP contribution in [0.5, 0.6) is 0 Å². The van der Waals surface area contributed by atoms with E-state index in [9.17, 15) is 4.79 Å². The molecule has 2 aromatic heterocycles. The first-order chi connectivity index (χ1) is 14.5. The topological polar surface area (TPSA) is 84.7 Å². The summed E-state index contributed by atoms with van der Waals surface area (Å²) in [6.45, 7) is 6.24. The van der Waals surface area contributed by atoms with Crippen LogP contribution in [0.2, 0.25) is 0 Å². The molecule has 1 amide bonds. The lowest BCUT2D eigenvalue weighted by molar-refractivity contribution is -0.119. The van der Waals surface area contributed by atoms with E-state index in [1.807, 2.05) is 35.1 Å². The molecule has 0 aliphatic carbocycles. The van der Waals surface area contributed by atoms with E-state index in [0.29, 0.717) is 18.4 Å². The SMILES string of the molecule is CC(=O)NCc1ccc(-c2cncc(-n3ncc4ccc(NC(C)C)cc43)n2)cc1. The minimum atomic E-state index is -0.0455. The summed E-state index contributed by atoms with van der Waals surface area (Å²) in [6, 6.07) is 14.4. The van der Waals surface area contributed by atoms with Crippen LogP contribution in [0.25, 0.3) is 28.0 Å². The molecule has 7 heteroatoms. The Morgan fingerprint density at radius 1 is 1.07 bits per heavy atom. The van der Waals surface area contributed by atoms with Crippen LogP contribution in [-0.2, 0) is 11.3 Å². The van der Waals surface area contributed by atoms with E-state index in [1.165, 1.54) is 6.92 Å². The van der Waals surface area contributed by atoms with Crippen LogP contribution >= 0.6 is 0 Å². The minimum absolute atomic E-state index is 0.0455. The fourth-order valence-electron chi connectivity index (χ4n) is 3.24. The molecule has 0 saturated heterocycles. The standard InChI is InChI=1S/C23H24N6O/c1-15(2)27-20-9-8-19-12-26-29(22(19)10-20)23-14-24-13-21(28-23)18-6-4-17(5-7-18)11-25-16(3)30/h4-10,12-15,27H,11H2,1-3H3,(H,25,30). The van der Waals surface area contributed by atoms with Crippen LogP contribution in [0.3, 0.4) is 0 Å². The normalized spacial score (nSPS) is 11.1. The van der Waals surface area contributed by atoms with Gasteiger partial charge in [0.15, 0.2) is 5.82 Å². The molecule has 7 nitrogen and oxygen atoms in total. The Bertz CT molecular complexity index is 1180. The van der Waals surface area contributed by atoms with Crippen LogP contribution in [0.15, 0.2) is 61.1 Å². The highest BCUT2D eigenvalue weighted by Gasteiger charge is 2.10. The van der Waals surface area contributed by atoms with Crippen molar-refractivity contribution >= 4 is 22.5 Å². The quantitative estimate of drug-likeness (QED) is 0.512. The van der Waals surface area contributed by atoms with Gasteiger partial charge in [-0.15, -0.1) is 0 Å². The van der Waals surface area contributed by atoms with Crippen LogP contribution in [0.1, 0.15) is 26.3 Å². The van der Waals surface area contributed by atoms with E-state index < -0.39 is 0 Å². The van der Waals surface area contributed by atoms with Crippen molar-refractivity contribution in [2.24, 2.45) is 0 Å². The summed E-state index contributed by atoms with van der Waals surface area (Å²) in [5.41, 5.74) is 4.76. The number of rotatable bonds is 6. The number of nitrogens with zero attached hydrogens (tertiary/aromatic N) is 4. The van der Waals surface area contributed by atoms with Gasteiger partial charge in [0.2, 0.25) is 5.91 Å². The van der Waals surface area contributed by atoms with Gasteiger partial charge < -0.3 is 10.6 Å². The summed E-state index contributed by atoms with van der Waals surface area (Å²) in [6.07, 6.45) is 5.28. The highest BCUT2D eigenvalue weighted by molar-refractivity contribution is 5.83. The summed E-state index contributed by atoms with van der Waals surface area (Å²) in [7, 11) is 0.